The smallest absolute Gasteiger partial charge is 0.130 e. The predicted octanol–water partition coefficient (Wildman–Crippen LogP) is 3.43. The number of Topliss-reactive ketones (excluding diaryl/α,β-unsaturated/α-hetero) is 1. The summed E-state index contributed by atoms with van der Waals surface area (Å²) >= 11 is 0. The van der Waals surface area contributed by atoms with Crippen LogP contribution in [-0.4, -0.2) is 5.78 Å². The van der Waals surface area contributed by atoms with E-state index in [0.717, 1.165) is 19.3 Å². The SMILES string of the molecule is CC.CCC(CC)CC(C)=O. The van der Waals surface area contributed by atoms with Crippen molar-refractivity contribution in [3.8, 4) is 0 Å². The van der Waals surface area contributed by atoms with Gasteiger partial charge in [-0.15, -0.1) is 0 Å². The monoisotopic (exact) mass is 158 g/mol. The van der Waals surface area contributed by atoms with Crippen LogP contribution in [0.5, 0.6) is 0 Å². The molecular weight excluding hydrogens is 136 g/mol. The topological polar surface area (TPSA) is 17.1 Å². The molecule has 0 spiro atoms. The Labute approximate surface area is 71.2 Å². The van der Waals surface area contributed by atoms with Crippen LogP contribution in [0.2, 0.25) is 0 Å². The number of rotatable bonds is 4. The molecule has 0 aliphatic carbocycles. The van der Waals surface area contributed by atoms with E-state index in [4.69, 9.17) is 0 Å². The van der Waals surface area contributed by atoms with E-state index in [1.165, 1.54) is 0 Å². The van der Waals surface area contributed by atoms with E-state index < -0.39 is 0 Å². The van der Waals surface area contributed by atoms with Crippen LogP contribution in [-0.2, 0) is 4.79 Å². The molecule has 0 radical (unpaired) electrons. The summed E-state index contributed by atoms with van der Waals surface area (Å²) in [5.41, 5.74) is 0. The summed E-state index contributed by atoms with van der Waals surface area (Å²) in [5.74, 6) is 0.950. The second-order valence-corrected chi connectivity index (χ2v) is 2.59. The van der Waals surface area contributed by atoms with Crippen molar-refractivity contribution in [2.45, 2.75) is 53.9 Å². The molecule has 0 bridgehead atoms. The summed E-state index contributed by atoms with van der Waals surface area (Å²) in [6.45, 7) is 9.94. The van der Waals surface area contributed by atoms with Crippen molar-refractivity contribution in [3.05, 3.63) is 0 Å². The number of hydrogen-bond acceptors (Lipinski definition) is 1. The van der Waals surface area contributed by atoms with Crippen LogP contribution in [0.1, 0.15) is 53.9 Å². The predicted molar refractivity (Wildman–Crippen MR) is 50.7 cm³/mol. The van der Waals surface area contributed by atoms with Gasteiger partial charge in [0, 0.05) is 6.42 Å². The fraction of sp³-hybridized carbons (Fsp3) is 0.900. The first-order chi connectivity index (χ1) is 5.20. The van der Waals surface area contributed by atoms with Crippen LogP contribution in [0.3, 0.4) is 0 Å². The van der Waals surface area contributed by atoms with E-state index in [0.29, 0.717) is 11.7 Å². The van der Waals surface area contributed by atoms with Crippen LogP contribution >= 0.6 is 0 Å². The van der Waals surface area contributed by atoms with Crippen LogP contribution in [0, 0.1) is 5.92 Å². The molecule has 0 aromatic heterocycles. The van der Waals surface area contributed by atoms with E-state index in [1.54, 1.807) is 6.92 Å². The van der Waals surface area contributed by atoms with Gasteiger partial charge in [0.15, 0.2) is 0 Å². The maximum absolute atomic E-state index is 10.6. The van der Waals surface area contributed by atoms with Gasteiger partial charge in [0.05, 0.1) is 0 Å². The Morgan fingerprint density at radius 3 is 1.64 bits per heavy atom. The minimum absolute atomic E-state index is 0.323. The van der Waals surface area contributed by atoms with Crippen LogP contribution in [0.15, 0.2) is 0 Å². The van der Waals surface area contributed by atoms with Gasteiger partial charge in [0.25, 0.3) is 0 Å². The second-order valence-electron chi connectivity index (χ2n) is 2.59. The highest BCUT2D eigenvalue weighted by molar-refractivity contribution is 5.75. The Bertz CT molecular complexity index is 82.9. The van der Waals surface area contributed by atoms with Crippen LogP contribution in [0.25, 0.3) is 0 Å². The number of carbonyl (C=O) groups is 1. The van der Waals surface area contributed by atoms with Crippen molar-refractivity contribution < 1.29 is 4.79 Å². The molecule has 0 aromatic carbocycles. The maximum atomic E-state index is 10.6. The van der Waals surface area contributed by atoms with Gasteiger partial charge < -0.3 is 4.79 Å². The first-order valence-electron chi connectivity index (χ1n) is 4.70. The van der Waals surface area contributed by atoms with Gasteiger partial charge >= 0.3 is 0 Å². The third-order valence-electron chi connectivity index (χ3n) is 1.73. The summed E-state index contributed by atoms with van der Waals surface area (Å²) in [6.07, 6.45) is 3.04. The molecule has 0 amide bonds. The molecular formula is C10H22O. The molecule has 1 nitrogen and oxygen atoms in total. The largest absolute Gasteiger partial charge is 0.300 e. The fourth-order valence-corrected chi connectivity index (χ4v) is 0.984. The molecule has 0 saturated carbocycles. The van der Waals surface area contributed by atoms with Crippen LogP contribution in [0.4, 0.5) is 0 Å². The van der Waals surface area contributed by atoms with Crippen molar-refractivity contribution in [2.75, 3.05) is 0 Å². The van der Waals surface area contributed by atoms with E-state index in [-0.39, 0.29) is 0 Å². The molecule has 0 heterocycles. The molecule has 11 heavy (non-hydrogen) atoms. The lowest BCUT2D eigenvalue weighted by molar-refractivity contribution is -0.117. The third-order valence-corrected chi connectivity index (χ3v) is 1.73. The van der Waals surface area contributed by atoms with Crippen molar-refractivity contribution in [1.29, 1.82) is 0 Å². The highest BCUT2D eigenvalue weighted by Gasteiger charge is 2.04. The van der Waals surface area contributed by atoms with E-state index >= 15 is 0 Å². The molecule has 1 heteroatoms. The summed E-state index contributed by atoms with van der Waals surface area (Å²) in [6, 6.07) is 0. The maximum Gasteiger partial charge on any atom is 0.130 e. The normalized spacial score (nSPS) is 8.91. The highest BCUT2D eigenvalue weighted by atomic mass is 16.1. The zero-order valence-corrected chi connectivity index (χ0v) is 8.61. The lowest BCUT2D eigenvalue weighted by Crippen LogP contribution is -2.02. The fourth-order valence-electron chi connectivity index (χ4n) is 0.984. The summed E-state index contributed by atoms with van der Waals surface area (Å²) < 4.78 is 0. The lowest BCUT2D eigenvalue weighted by atomic mass is 9.98. The number of ketones is 1. The third kappa shape index (κ3) is 9.67. The summed E-state index contributed by atoms with van der Waals surface area (Å²) in [4.78, 5) is 10.6. The minimum Gasteiger partial charge on any atom is -0.300 e. The zero-order valence-electron chi connectivity index (χ0n) is 8.61. The molecule has 0 aromatic rings. The molecule has 0 rings (SSSR count). The first kappa shape index (κ1) is 13.3. The molecule has 0 fully saturated rings. The van der Waals surface area contributed by atoms with Crippen LogP contribution < -0.4 is 0 Å². The average molecular weight is 158 g/mol. The highest BCUT2D eigenvalue weighted by Crippen LogP contribution is 2.11. The number of carbonyl (C=O) groups excluding carboxylic acids is 1. The summed E-state index contributed by atoms with van der Waals surface area (Å²) in [5, 5.41) is 0. The van der Waals surface area contributed by atoms with Crippen molar-refractivity contribution >= 4 is 5.78 Å². The standard InChI is InChI=1S/C8H16O.C2H6/c1-4-8(5-2)6-7(3)9;1-2/h8H,4-6H2,1-3H3;1-2H3. The summed E-state index contributed by atoms with van der Waals surface area (Å²) in [7, 11) is 0. The van der Waals surface area contributed by atoms with Gasteiger partial charge in [0.2, 0.25) is 0 Å². The molecule has 0 N–H and O–H groups in total. The molecule has 0 aliphatic heterocycles. The van der Waals surface area contributed by atoms with Gasteiger partial charge in [-0.3, -0.25) is 0 Å². The van der Waals surface area contributed by atoms with Crippen molar-refractivity contribution in [3.63, 3.8) is 0 Å². The van der Waals surface area contributed by atoms with Crippen molar-refractivity contribution in [2.24, 2.45) is 5.92 Å². The molecule has 68 valence electrons. The second kappa shape index (κ2) is 9.67. The zero-order chi connectivity index (χ0) is 9.28. The van der Waals surface area contributed by atoms with E-state index in [1.807, 2.05) is 13.8 Å². The molecule has 0 aliphatic rings. The van der Waals surface area contributed by atoms with Gasteiger partial charge in [-0.25, -0.2) is 0 Å². The molecule has 0 atom stereocenters. The van der Waals surface area contributed by atoms with Gasteiger partial charge in [-0.05, 0) is 12.8 Å². The van der Waals surface area contributed by atoms with E-state index in [9.17, 15) is 4.79 Å². The van der Waals surface area contributed by atoms with E-state index in [2.05, 4.69) is 13.8 Å². The van der Waals surface area contributed by atoms with Gasteiger partial charge in [-0.2, -0.15) is 0 Å². The first-order valence-corrected chi connectivity index (χ1v) is 4.70. The quantitative estimate of drug-likeness (QED) is 0.612. The Balaban J connectivity index is 0. The Hall–Kier alpha value is -0.330. The van der Waals surface area contributed by atoms with Gasteiger partial charge in [-0.1, -0.05) is 40.5 Å². The lowest BCUT2D eigenvalue weighted by Gasteiger charge is -2.07. The Kier molecular flexibility index (Phi) is 11.7. The molecule has 0 saturated heterocycles. The van der Waals surface area contributed by atoms with Gasteiger partial charge in [0.1, 0.15) is 5.78 Å². The Morgan fingerprint density at radius 1 is 1.18 bits per heavy atom. The van der Waals surface area contributed by atoms with Crippen molar-refractivity contribution in [1.82, 2.24) is 0 Å². The Morgan fingerprint density at radius 2 is 1.55 bits per heavy atom. The molecule has 0 unspecified atom stereocenters. The average Bonchev–Trinajstić information content (AvgIpc) is 2.03. The minimum atomic E-state index is 0.323. The number of hydrogen-bond donors (Lipinski definition) is 0.